The Labute approximate surface area is 81.3 Å². The third-order valence-electron chi connectivity index (χ3n) is 1.97. The number of benzene rings is 1. The molecule has 2 N–H and O–H groups in total. The molecular weight excluding hydrogens is 184 g/mol. The predicted octanol–water partition coefficient (Wildman–Crippen LogP) is 2.78. The van der Waals surface area contributed by atoms with E-state index in [-0.39, 0.29) is 0 Å². The van der Waals surface area contributed by atoms with Crippen molar-refractivity contribution < 1.29 is 0 Å². The Bertz CT molecular complexity index is 466. The molecular formula is C10H9ClN2. The lowest BCUT2D eigenvalue weighted by Gasteiger charge is -2.03. The summed E-state index contributed by atoms with van der Waals surface area (Å²) in [6.45, 7) is 1.94. The van der Waals surface area contributed by atoms with Gasteiger partial charge in [0.05, 0.1) is 0 Å². The molecule has 2 aromatic rings. The zero-order chi connectivity index (χ0) is 9.42. The normalized spacial score (nSPS) is 10.6. The summed E-state index contributed by atoms with van der Waals surface area (Å²) in [5.41, 5.74) is 7.48. The first-order valence-electron chi connectivity index (χ1n) is 3.98. The molecule has 0 unspecified atom stereocenters. The van der Waals surface area contributed by atoms with Crippen LogP contribution in [0.5, 0.6) is 0 Å². The molecule has 3 heteroatoms. The van der Waals surface area contributed by atoms with Crippen LogP contribution in [-0.4, -0.2) is 4.98 Å². The van der Waals surface area contributed by atoms with E-state index in [0.29, 0.717) is 10.7 Å². The predicted molar refractivity (Wildman–Crippen MR) is 55.9 cm³/mol. The van der Waals surface area contributed by atoms with Crippen LogP contribution in [0.4, 0.5) is 5.69 Å². The fraction of sp³-hybridized carbons (Fsp3) is 0.100. The number of nitrogen functional groups attached to an aromatic ring is 1. The Kier molecular flexibility index (Phi) is 1.85. The molecule has 0 saturated carbocycles. The summed E-state index contributed by atoms with van der Waals surface area (Å²) in [7, 11) is 0. The third kappa shape index (κ3) is 1.45. The van der Waals surface area contributed by atoms with E-state index >= 15 is 0 Å². The first kappa shape index (κ1) is 8.32. The fourth-order valence-corrected chi connectivity index (χ4v) is 1.59. The minimum atomic E-state index is 0.649. The lowest BCUT2D eigenvalue weighted by molar-refractivity contribution is 1.22. The van der Waals surface area contributed by atoms with Gasteiger partial charge in [0, 0.05) is 33.4 Å². The van der Waals surface area contributed by atoms with Gasteiger partial charge in [-0.2, -0.15) is 0 Å². The van der Waals surface area contributed by atoms with Gasteiger partial charge in [0.1, 0.15) is 0 Å². The molecule has 0 saturated heterocycles. The van der Waals surface area contributed by atoms with Crippen LogP contribution < -0.4 is 5.73 Å². The van der Waals surface area contributed by atoms with Crippen LogP contribution in [-0.2, 0) is 0 Å². The number of pyridine rings is 1. The highest BCUT2D eigenvalue weighted by molar-refractivity contribution is 6.31. The summed E-state index contributed by atoms with van der Waals surface area (Å²) in [6.07, 6.45) is 1.78. The van der Waals surface area contributed by atoms with Crippen molar-refractivity contribution in [2.24, 2.45) is 0 Å². The number of rotatable bonds is 0. The maximum atomic E-state index is 5.86. The zero-order valence-electron chi connectivity index (χ0n) is 7.21. The van der Waals surface area contributed by atoms with Gasteiger partial charge in [-0.3, -0.25) is 4.98 Å². The first-order valence-corrected chi connectivity index (χ1v) is 4.36. The molecule has 0 atom stereocenters. The van der Waals surface area contributed by atoms with Crippen molar-refractivity contribution in [2.75, 3.05) is 5.73 Å². The monoisotopic (exact) mass is 192 g/mol. The van der Waals surface area contributed by atoms with Crippen molar-refractivity contribution >= 4 is 28.1 Å². The van der Waals surface area contributed by atoms with Gasteiger partial charge >= 0.3 is 0 Å². The largest absolute Gasteiger partial charge is 0.398 e. The van der Waals surface area contributed by atoms with Gasteiger partial charge in [-0.05, 0) is 25.1 Å². The maximum Gasteiger partial charge on any atom is 0.0433 e. The van der Waals surface area contributed by atoms with Crippen molar-refractivity contribution in [1.29, 1.82) is 0 Å². The van der Waals surface area contributed by atoms with Crippen molar-refractivity contribution in [1.82, 2.24) is 4.98 Å². The smallest absolute Gasteiger partial charge is 0.0433 e. The average molecular weight is 193 g/mol. The summed E-state index contributed by atoms with van der Waals surface area (Å²) < 4.78 is 0. The molecule has 1 aromatic carbocycles. The van der Waals surface area contributed by atoms with E-state index in [1.54, 1.807) is 12.3 Å². The Hall–Kier alpha value is -1.28. The Morgan fingerprint density at radius 1 is 1.31 bits per heavy atom. The second kappa shape index (κ2) is 2.89. The minimum Gasteiger partial charge on any atom is -0.398 e. The number of nitrogens with two attached hydrogens (primary N) is 1. The van der Waals surface area contributed by atoms with Crippen LogP contribution in [0, 0.1) is 6.92 Å². The number of nitrogens with zero attached hydrogens (tertiary/aromatic N) is 1. The summed E-state index contributed by atoms with van der Waals surface area (Å²) >= 11 is 5.86. The molecule has 0 aliphatic rings. The van der Waals surface area contributed by atoms with E-state index in [9.17, 15) is 0 Å². The van der Waals surface area contributed by atoms with Crippen LogP contribution in [0.25, 0.3) is 10.8 Å². The van der Waals surface area contributed by atoms with Crippen LogP contribution in [0.2, 0.25) is 5.02 Å². The van der Waals surface area contributed by atoms with Crippen molar-refractivity contribution in [3.8, 4) is 0 Å². The van der Waals surface area contributed by atoms with Crippen LogP contribution in [0.1, 0.15) is 5.69 Å². The molecule has 66 valence electrons. The summed E-state index contributed by atoms with van der Waals surface area (Å²) in [4.78, 5) is 4.18. The third-order valence-corrected chi connectivity index (χ3v) is 2.19. The van der Waals surface area contributed by atoms with Crippen molar-refractivity contribution in [3.05, 3.63) is 35.1 Å². The van der Waals surface area contributed by atoms with E-state index in [1.165, 1.54) is 0 Å². The molecule has 0 amide bonds. The second-order valence-electron chi connectivity index (χ2n) is 3.04. The maximum absolute atomic E-state index is 5.86. The molecule has 1 heterocycles. The van der Waals surface area contributed by atoms with Gasteiger partial charge < -0.3 is 5.73 Å². The lowest BCUT2D eigenvalue weighted by atomic mass is 10.1. The van der Waals surface area contributed by atoms with Gasteiger partial charge in [0.25, 0.3) is 0 Å². The molecule has 0 aliphatic heterocycles. The van der Waals surface area contributed by atoms with Crippen LogP contribution in [0.3, 0.4) is 0 Å². The average Bonchev–Trinajstić information content (AvgIpc) is 2.06. The molecule has 1 aromatic heterocycles. The highest BCUT2D eigenvalue weighted by Gasteiger charge is 2.00. The van der Waals surface area contributed by atoms with E-state index in [2.05, 4.69) is 4.98 Å². The SMILES string of the molecule is Cc1cc2c(N)cc(Cl)cc2cn1. The molecule has 0 aliphatic carbocycles. The van der Waals surface area contributed by atoms with Crippen molar-refractivity contribution in [2.45, 2.75) is 6.92 Å². The quantitative estimate of drug-likeness (QED) is 0.652. The van der Waals surface area contributed by atoms with E-state index < -0.39 is 0 Å². The molecule has 0 spiro atoms. The molecule has 13 heavy (non-hydrogen) atoms. The van der Waals surface area contributed by atoms with Gasteiger partial charge in [-0.25, -0.2) is 0 Å². The van der Waals surface area contributed by atoms with Gasteiger partial charge in [-0.15, -0.1) is 0 Å². The van der Waals surface area contributed by atoms with Gasteiger partial charge in [-0.1, -0.05) is 11.6 Å². The first-order chi connectivity index (χ1) is 6.16. The van der Waals surface area contributed by atoms with Gasteiger partial charge in [0.15, 0.2) is 0 Å². The number of anilines is 1. The Morgan fingerprint density at radius 2 is 2.08 bits per heavy atom. The number of aryl methyl sites for hydroxylation is 1. The van der Waals surface area contributed by atoms with Crippen LogP contribution >= 0.6 is 11.6 Å². The van der Waals surface area contributed by atoms with Crippen LogP contribution in [0.15, 0.2) is 24.4 Å². The molecule has 0 bridgehead atoms. The molecule has 2 nitrogen and oxygen atoms in total. The summed E-state index contributed by atoms with van der Waals surface area (Å²) in [5.74, 6) is 0. The standard InChI is InChI=1S/C10H9ClN2/c1-6-2-9-7(5-13-6)3-8(11)4-10(9)12/h2-5H,12H2,1H3. The second-order valence-corrected chi connectivity index (χ2v) is 3.48. The molecule has 2 rings (SSSR count). The van der Waals surface area contributed by atoms with E-state index in [0.717, 1.165) is 16.5 Å². The topological polar surface area (TPSA) is 38.9 Å². The lowest BCUT2D eigenvalue weighted by Crippen LogP contribution is -1.89. The number of aromatic nitrogens is 1. The van der Waals surface area contributed by atoms with E-state index in [1.807, 2.05) is 19.1 Å². The summed E-state index contributed by atoms with van der Waals surface area (Å²) in [6, 6.07) is 5.57. The van der Waals surface area contributed by atoms with Crippen molar-refractivity contribution in [3.63, 3.8) is 0 Å². The number of halogens is 1. The number of hydrogen-bond donors (Lipinski definition) is 1. The highest BCUT2D eigenvalue weighted by Crippen LogP contribution is 2.25. The summed E-state index contributed by atoms with van der Waals surface area (Å²) in [5, 5.41) is 2.64. The molecule has 0 fully saturated rings. The minimum absolute atomic E-state index is 0.649. The highest BCUT2D eigenvalue weighted by atomic mass is 35.5. The number of fused-ring (bicyclic) bond motifs is 1. The zero-order valence-corrected chi connectivity index (χ0v) is 7.97. The van der Waals surface area contributed by atoms with E-state index in [4.69, 9.17) is 17.3 Å². The fourth-order valence-electron chi connectivity index (χ4n) is 1.35. The van der Waals surface area contributed by atoms with Gasteiger partial charge in [0.2, 0.25) is 0 Å². The molecule has 0 radical (unpaired) electrons. The Balaban J connectivity index is 2.87. The number of hydrogen-bond acceptors (Lipinski definition) is 2. The Morgan fingerprint density at radius 3 is 2.85 bits per heavy atom.